The molecule has 1 aromatic carbocycles. The Hall–Kier alpha value is -2.59. The third-order valence-electron chi connectivity index (χ3n) is 6.03. The van der Waals surface area contributed by atoms with Gasteiger partial charge in [0.15, 0.2) is 11.4 Å². The molecule has 6 nitrogen and oxygen atoms in total. The Morgan fingerprint density at radius 2 is 1.82 bits per heavy atom. The van der Waals surface area contributed by atoms with Crippen LogP contribution in [-0.2, 0) is 5.41 Å². The summed E-state index contributed by atoms with van der Waals surface area (Å²) < 4.78 is 66.5. The van der Waals surface area contributed by atoms with Gasteiger partial charge in [-0.05, 0) is 42.2 Å². The van der Waals surface area contributed by atoms with E-state index in [2.05, 4.69) is 0 Å². The van der Waals surface area contributed by atoms with Crippen LogP contribution in [0.15, 0.2) is 41.0 Å². The maximum atomic E-state index is 14.1. The monoisotopic (exact) mass is 472 g/mol. The van der Waals surface area contributed by atoms with Crippen molar-refractivity contribution >= 4 is 5.91 Å². The second-order valence-corrected chi connectivity index (χ2v) is 8.98. The fourth-order valence-electron chi connectivity index (χ4n) is 4.32. The number of piperazine rings is 1. The number of hydrogen-bond acceptors (Lipinski definition) is 5. The average Bonchev–Trinajstić information content (AvgIpc) is 3.27. The van der Waals surface area contributed by atoms with E-state index >= 15 is 0 Å². The summed E-state index contributed by atoms with van der Waals surface area (Å²) >= 11 is 0. The van der Waals surface area contributed by atoms with E-state index in [1.165, 1.54) is 49.2 Å². The number of ether oxygens (including phenoxy) is 1. The van der Waals surface area contributed by atoms with Crippen LogP contribution in [0.1, 0.15) is 36.4 Å². The molecule has 0 saturated carbocycles. The van der Waals surface area contributed by atoms with E-state index < -0.39 is 36.0 Å². The van der Waals surface area contributed by atoms with Gasteiger partial charge in [-0.15, -0.1) is 0 Å². The Morgan fingerprint density at radius 1 is 1.15 bits per heavy atom. The van der Waals surface area contributed by atoms with E-state index in [1.54, 1.807) is 6.07 Å². The Balaban J connectivity index is 1.75. The molecule has 2 heterocycles. The van der Waals surface area contributed by atoms with E-state index in [0.717, 1.165) is 12.1 Å². The second-order valence-electron chi connectivity index (χ2n) is 8.98. The third kappa shape index (κ3) is 5.50. The molecule has 1 fully saturated rings. The molecule has 0 spiro atoms. The fourth-order valence-corrected chi connectivity index (χ4v) is 4.32. The van der Waals surface area contributed by atoms with Gasteiger partial charge in [-0.1, -0.05) is 13.8 Å². The Labute approximate surface area is 189 Å². The van der Waals surface area contributed by atoms with Crippen LogP contribution in [0.4, 0.5) is 17.6 Å². The summed E-state index contributed by atoms with van der Waals surface area (Å²) in [4.78, 5) is 15.4. The number of methoxy groups -OCH3 is 1. The highest BCUT2D eigenvalue weighted by Gasteiger charge is 2.57. The molecule has 1 aliphatic rings. The van der Waals surface area contributed by atoms with Crippen molar-refractivity contribution in [3.63, 3.8) is 0 Å². The highest BCUT2D eigenvalue weighted by atomic mass is 19.4. The van der Waals surface area contributed by atoms with Gasteiger partial charge in [0.25, 0.3) is 5.91 Å². The quantitative estimate of drug-likeness (QED) is 0.621. The summed E-state index contributed by atoms with van der Waals surface area (Å²) in [5.74, 6) is -0.520. The van der Waals surface area contributed by atoms with Crippen molar-refractivity contribution in [1.29, 1.82) is 0 Å². The highest BCUT2D eigenvalue weighted by Crippen LogP contribution is 2.44. The van der Waals surface area contributed by atoms with Crippen molar-refractivity contribution in [2.75, 3.05) is 39.8 Å². The van der Waals surface area contributed by atoms with E-state index in [-0.39, 0.29) is 49.2 Å². The number of rotatable bonds is 7. The molecule has 1 aromatic heterocycles. The summed E-state index contributed by atoms with van der Waals surface area (Å²) in [5, 5.41) is 10.9. The summed E-state index contributed by atoms with van der Waals surface area (Å²) in [6, 6.07) is 6.77. The molecule has 182 valence electrons. The first-order valence-corrected chi connectivity index (χ1v) is 10.5. The Kier molecular flexibility index (Phi) is 7.09. The van der Waals surface area contributed by atoms with Crippen LogP contribution in [0.2, 0.25) is 0 Å². The van der Waals surface area contributed by atoms with Gasteiger partial charge < -0.3 is 19.2 Å². The predicted molar refractivity (Wildman–Crippen MR) is 113 cm³/mol. The van der Waals surface area contributed by atoms with Gasteiger partial charge in [0.05, 0.1) is 13.4 Å². The second kappa shape index (κ2) is 9.34. The van der Waals surface area contributed by atoms with Gasteiger partial charge in [0.2, 0.25) is 0 Å². The van der Waals surface area contributed by atoms with Gasteiger partial charge in [0.1, 0.15) is 11.6 Å². The lowest BCUT2D eigenvalue weighted by Crippen LogP contribution is -2.59. The summed E-state index contributed by atoms with van der Waals surface area (Å²) in [7, 11) is 1.35. The molecule has 1 unspecified atom stereocenters. The number of furan rings is 1. The minimum atomic E-state index is -4.92. The third-order valence-corrected chi connectivity index (χ3v) is 6.03. The number of alkyl halides is 3. The van der Waals surface area contributed by atoms with Gasteiger partial charge >= 0.3 is 6.18 Å². The smallest absolute Gasteiger partial charge is 0.418 e. The lowest BCUT2D eigenvalue weighted by Gasteiger charge is -2.43. The van der Waals surface area contributed by atoms with Crippen LogP contribution >= 0.6 is 0 Å². The van der Waals surface area contributed by atoms with E-state index in [4.69, 9.17) is 9.15 Å². The molecule has 3 rings (SSSR count). The zero-order chi connectivity index (χ0) is 24.4. The molecule has 0 bridgehead atoms. The van der Waals surface area contributed by atoms with E-state index in [9.17, 15) is 27.5 Å². The zero-order valence-corrected chi connectivity index (χ0v) is 18.8. The number of hydrogen-bond donors (Lipinski definition) is 1. The molecule has 1 amide bonds. The number of carbonyl (C=O) groups excluding carboxylic acids is 1. The minimum absolute atomic E-state index is 0.161. The summed E-state index contributed by atoms with van der Waals surface area (Å²) in [6.07, 6.45) is -4.25. The van der Waals surface area contributed by atoms with Crippen molar-refractivity contribution in [3.8, 4) is 5.75 Å². The topological polar surface area (TPSA) is 66.2 Å². The fraction of sp³-hybridized carbons (Fsp3) is 0.522. The van der Waals surface area contributed by atoms with E-state index in [1.807, 2.05) is 0 Å². The maximum Gasteiger partial charge on any atom is 0.418 e. The maximum absolute atomic E-state index is 14.1. The van der Waals surface area contributed by atoms with Crippen LogP contribution in [0, 0.1) is 5.82 Å². The molecule has 1 aliphatic heterocycles. The first-order valence-electron chi connectivity index (χ1n) is 10.5. The van der Waals surface area contributed by atoms with Gasteiger partial charge in [-0.2, -0.15) is 13.2 Å². The first-order chi connectivity index (χ1) is 15.4. The predicted octanol–water partition coefficient (Wildman–Crippen LogP) is 3.85. The SMILES string of the molecule is COc1ccc(F)cc1C(C)(C)CC(O)(CN1CCN(C(=O)c2ccco2)CC1)C(F)(F)F. The largest absolute Gasteiger partial charge is 0.496 e. The molecule has 1 saturated heterocycles. The first kappa shape index (κ1) is 25.0. The molecule has 2 aromatic rings. The molecule has 0 aliphatic carbocycles. The lowest BCUT2D eigenvalue weighted by atomic mass is 9.74. The number of carbonyl (C=O) groups is 1. The van der Waals surface area contributed by atoms with Crippen LogP contribution < -0.4 is 4.74 Å². The van der Waals surface area contributed by atoms with Gasteiger partial charge in [-0.3, -0.25) is 9.69 Å². The summed E-state index contributed by atoms with van der Waals surface area (Å²) in [5.41, 5.74) is -4.07. The zero-order valence-electron chi connectivity index (χ0n) is 18.8. The molecule has 33 heavy (non-hydrogen) atoms. The Bertz CT molecular complexity index is 954. The normalized spacial score (nSPS) is 17.6. The molecular weight excluding hydrogens is 444 g/mol. The number of amides is 1. The summed E-state index contributed by atoms with van der Waals surface area (Å²) in [6.45, 7) is 3.09. The van der Waals surface area contributed by atoms with Crippen LogP contribution in [-0.4, -0.2) is 72.4 Å². The van der Waals surface area contributed by atoms with Crippen LogP contribution in [0.5, 0.6) is 5.75 Å². The van der Waals surface area contributed by atoms with Crippen molar-refractivity contribution in [3.05, 3.63) is 53.7 Å². The molecule has 1 N–H and O–H groups in total. The Morgan fingerprint density at radius 3 is 2.36 bits per heavy atom. The van der Waals surface area contributed by atoms with Crippen molar-refractivity contribution in [1.82, 2.24) is 9.80 Å². The van der Waals surface area contributed by atoms with Gasteiger partial charge in [0, 0.05) is 38.3 Å². The molecule has 0 radical (unpaired) electrons. The number of aliphatic hydroxyl groups is 1. The van der Waals surface area contributed by atoms with Crippen molar-refractivity contribution < 1.29 is 36.6 Å². The van der Waals surface area contributed by atoms with Gasteiger partial charge in [-0.25, -0.2) is 4.39 Å². The number of halogens is 4. The van der Waals surface area contributed by atoms with Crippen molar-refractivity contribution in [2.24, 2.45) is 0 Å². The molecule has 10 heteroatoms. The molecule has 1 atom stereocenters. The standard InChI is InChI=1S/C23H28F4N2O4/c1-21(2,17-13-16(24)6-7-18(17)32-3)14-22(31,23(25,26)27)15-28-8-10-29(11-9-28)20(30)19-5-4-12-33-19/h4-7,12-13,31H,8-11,14-15H2,1-3H3. The van der Waals surface area contributed by atoms with Crippen molar-refractivity contribution in [2.45, 2.75) is 37.5 Å². The van der Waals surface area contributed by atoms with E-state index in [0.29, 0.717) is 0 Å². The number of benzene rings is 1. The number of β-amino-alcohol motifs (C(OH)–C–C–N with tert-alkyl or cyclic N) is 1. The highest BCUT2D eigenvalue weighted by molar-refractivity contribution is 5.91. The molecular formula is C23H28F4N2O4. The average molecular weight is 472 g/mol. The minimum Gasteiger partial charge on any atom is -0.496 e. The number of nitrogens with zero attached hydrogens (tertiary/aromatic N) is 2. The van der Waals surface area contributed by atoms with Crippen LogP contribution in [0.3, 0.4) is 0 Å². The lowest BCUT2D eigenvalue weighted by molar-refractivity contribution is -0.272. The van der Waals surface area contributed by atoms with Crippen LogP contribution in [0.25, 0.3) is 0 Å².